The monoisotopic (exact) mass is 336 g/mol. The first kappa shape index (κ1) is 14.8. The number of benzene rings is 1. The lowest BCUT2D eigenvalue weighted by molar-refractivity contribution is 0.0697. The minimum absolute atomic E-state index is 0.0415. The number of carboxylic acid groups (broad SMARTS) is 1. The van der Waals surface area contributed by atoms with Gasteiger partial charge in [0.25, 0.3) is 0 Å². The molecule has 0 aliphatic carbocycles. The highest BCUT2D eigenvalue weighted by atomic mass is 32.2. The summed E-state index contributed by atoms with van der Waals surface area (Å²) in [5, 5.41) is 11.4. The Hall–Kier alpha value is -2.16. The van der Waals surface area contributed by atoms with Crippen LogP contribution in [0, 0.1) is 0 Å². The molecule has 1 aromatic carbocycles. The van der Waals surface area contributed by atoms with Gasteiger partial charge in [-0.1, -0.05) is 6.07 Å². The molecule has 3 rings (SSSR count). The second-order valence-electron chi connectivity index (χ2n) is 4.62. The molecular weight excluding hydrogens is 324 g/mol. The van der Waals surface area contributed by atoms with Crippen LogP contribution in [0.1, 0.15) is 15.2 Å². The molecule has 6 nitrogen and oxygen atoms in total. The maximum absolute atomic E-state index is 12.5. The number of thiophene rings is 1. The van der Waals surface area contributed by atoms with Crippen LogP contribution in [0.2, 0.25) is 0 Å². The first-order valence-corrected chi connectivity index (χ1v) is 8.70. The van der Waals surface area contributed by atoms with Gasteiger partial charge < -0.3 is 10.1 Å². The quantitative estimate of drug-likeness (QED) is 0.666. The van der Waals surface area contributed by atoms with E-state index in [2.05, 4.69) is 9.71 Å². The van der Waals surface area contributed by atoms with E-state index in [1.54, 1.807) is 12.3 Å². The van der Waals surface area contributed by atoms with Crippen LogP contribution in [0.5, 0.6) is 0 Å². The number of rotatable bonds is 5. The number of hydrogen-bond donors (Lipinski definition) is 3. The van der Waals surface area contributed by atoms with Crippen molar-refractivity contribution in [1.29, 1.82) is 0 Å². The van der Waals surface area contributed by atoms with Crippen LogP contribution in [0.25, 0.3) is 10.9 Å². The Kier molecular flexibility index (Phi) is 3.73. The van der Waals surface area contributed by atoms with Gasteiger partial charge in [-0.15, -0.1) is 11.3 Å². The van der Waals surface area contributed by atoms with E-state index >= 15 is 0 Å². The molecule has 0 spiro atoms. The Bertz CT molecular complexity index is 927. The van der Waals surface area contributed by atoms with Crippen molar-refractivity contribution < 1.29 is 18.3 Å². The van der Waals surface area contributed by atoms with Gasteiger partial charge in [-0.2, -0.15) is 0 Å². The first-order chi connectivity index (χ1) is 10.5. The van der Waals surface area contributed by atoms with E-state index in [0.717, 1.165) is 4.88 Å². The molecule has 8 heteroatoms. The largest absolute Gasteiger partial charge is 0.478 e. The molecule has 0 radical (unpaired) electrons. The van der Waals surface area contributed by atoms with Crippen LogP contribution in [0.3, 0.4) is 0 Å². The smallest absolute Gasteiger partial charge is 0.335 e. The van der Waals surface area contributed by atoms with Crippen LogP contribution < -0.4 is 4.72 Å². The zero-order chi connectivity index (χ0) is 15.7. The number of sulfonamides is 1. The molecule has 0 saturated carbocycles. The standard InChI is InChI=1S/C14H12N2O4S2/c17-14(18)9-6-12-11(3-4-15-12)13(7-9)22(19,20)16-8-10-2-1-5-21-10/h1-7,15-16H,8H2,(H,17,18). The van der Waals surface area contributed by atoms with Crippen molar-refractivity contribution in [2.45, 2.75) is 11.4 Å². The maximum atomic E-state index is 12.5. The van der Waals surface area contributed by atoms with Crippen molar-refractivity contribution in [1.82, 2.24) is 9.71 Å². The van der Waals surface area contributed by atoms with Gasteiger partial charge in [0, 0.05) is 28.5 Å². The predicted octanol–water partition coefficient (Wildman–Crippen LogP) is 2.41. The molecule has 0 aliphatic heterocycles. The third-order valence-electron chi connectivity index (χ3n) is 3.18. The Labute approximate surface area is 130 Å². The third kappa shape index (κ3) is 2.76. The Morgan fingerprint density at radius 1 is 1.32 bits per heavy atom. The highest BCUT2D eigenvalue weighted by molar-refractivity contribution is 7.89. The normalized spacial score (nSPS) is 11.8. The van der Waals surface area contributed by atoms with E-state index in [0.29, 0.717) is 10.9 Å². The molecule has 2 aromatic heterocycles. The number of nitrogens with one attached hydrogen (secondary N) is 2. The molecule has 114 valence electrons. The van der Waals surface area contributed by atoms with E-state index in [-0.39, 0.29) is 17.0 Å². The van der Waals surface area contributed by atoms with E-state index in [9.17, 15) is 13.2 Å². The topological polar surface area (TPSA) is 99.3 Å². The van der Waals surface area contributed by atoms with E-state index in [1.807, 2.05) is 17.5 Å². The molecule has 0 amide bonds. The van der Waals surface area contributed by atoms with Crippen LogP contribution in [0.4, 0.5) is 0 Å². The van der Waals surface area contributed by atoms with Gasteiger partial charge >= 0.3 is 5.97 Å². The number of carbonyl (C=O) groups is 1. The number of hydrogen-bond acceptors (Lipinski definition) is 4. The number of aromatic nitrogens is 1. The van der Waals surface area contributed by atoms with Gasteiger partial charge in [0.15, 0.2) is 0 Å². The molecule has 0 aliphatic rings. The number of carboxylic acids is 1. The average molecular weight is 336 g/mol. The van der Waals surface area contributed by atoms with Crippen molar-refractivity contribution in [3.8, 4) is 0 Å². The Morgan fingerprint density at radius 3 is 2.82 bits per heavy atom. The first-order valence-electron chi connectivity index (χ1n) is 6.34. The highest BCUT2D eigenvalue weighted by Gasteiger charge is 2.20. The van der Waals surface area contributed by atoms with Gasteiger partial charge in [-0.25, -0.2) is 17.9 Å². The minimum Gasteiger partial charge on any atom is -0.478 e. The molecule has 3 aromatic rings. The Balaban J connectivity index is 2.03. The number of aromatic amines is 1. The van der Waals surface area contributed by atoms with Crippen molar-refractivity contribution in [2.75, 3.05) is 0 Å². The van der Waals surface area contributed by atoms with Gasteiger partial charge in [0.05, 0.1) is 10.5 Å². The molecule has 22 heavy (non-hydrogen) atoms. The number of aromatic carboxylic acids is 1. The van der Waals surface area contributed by atoms with Gasteiger partial charge in [0.1, 0.15) is 0 Å². The lowest BCUT2D eigenvalue weighted by Gasteiger charge is -2.08. The number of fused-ring (bicyclic) bond motifs is 1. The fourth-order valence-electron chi connectivity index (χ4n) is 2.14. The molecule has 0 unspecified atom stereocenters. The fraction of sp³-hybridized carbons (Fsp3) is 0.0714. The summed E-state index contributed by atoms with van der Waals surface area (Å²) in [5.41, 5.74) is 0.392. The van der Waals surface area contributed by atoms with Crippen LogP contribution in [-0.4, -0.2) is 24.5 Å². The number of H-pyrrole nitrogens is 1. The van der Waals surface area contributed by atoms with Gasteiger partial charge in [-0.3, -0.25) is 0 Å². The Morgan fingerprint density at radius 2 is 2.14 bits per heavy atom. The zero-order valence-corrected chi connectivity index (χ0v) is 12.9. The summed E-state index contributed by atoms with van der Waals surface area (Å²) in [6.07, 6.45) is 1.58. The molecule has 3 N–H and O–H groups in total. The van der Waals surface area contributed by atoms with E-state index in [4.69, 9.17) is 5.11 Å². The van der Waals surface area contributed by atoms with Gasteiger partial charge in [0.2, 0.25) is 10.0 Å². The summed E-state index contributed by atoms with van der Waals surface area (Å²) in [6, 6.07) is 7.86. The molecule has 2 heterocycles. The lowest BCUT2D eigenvalue weighted by atomic mass is 10.1. The van der Waals surface area contributed by atoms with Crippen LogP contribution >= 0.6 is 11.3 Å². The maximum Gasteiger partial charge on any atom is 0.335 e. The molecule has 0 bridgehead atoms. The van der Waals surface area contributed by atoms with E-state index in [1.165, 1.54) is 23.5 Å². The molecule has 0 fully saturated rings. The summed E-state index contributed by atoms with van der Waals surface area (Å²) < 4.78 is 27.5. The van der Waals surface area contributed by atoms with Crippen molar-refractivity contribution >= 4 is 38.2 Å². The van der Waals surface area contributed by atoms with Crippen molar-refractivity contribution in [2.24, 2.45) is 0 Å². The summed E-state index contributed by atoms with van der Waals surface area (Å²) in [7, 11) is -3.82. The predicted molar refractivity (Wildman–Crippen MR) is 83.6 cm³/mol. The van der Waals surface area contributed by atoms with Crippen LogP contribution in [0.15, 0.2) is 46.8 Å². The summed E-state index contributed by atoms with van der Waals surface area (Å²) in [4.78, 5) is 14.8. The molecule has 0 saturated heterocycles. The summed E-state index contributed by atoms with van der Waals surface area (Å²) in [6.45, 7) is 0.170. The summed E-state index contributed by atoms with van der Waals surface area (Å²) in [5.74, 6) is -1.17. The average Bonchev–Trinajstić information content (AvgIpc) is 3.15. The third-order valence-corrected chi connectivity index (χ3v) is 5.50. The minimum atomic E-state index is -3.82. The second kappa shape index (κ2) is 5.56. The van der Waals surface area contributed by atoms with Crippen molar-refractivity contribution in [3.63, 3.8) is 0 Å². The van der Waals surface area contributed by atoms with Crippen molar-refractivity contribution in [3.05, 3.63) is 52.3 Å². The van der Waals surface area contributed by atoms with Crippen LogP contribution in [-0.2, 0) is 16.6 Å². The van der Waals surface area contributed by atoms with E-state index < -0.39 is 16.0 Å². The fourth-order valence-corrected chi connectivity index (χ4v) is 4.12. The SMILES string of the molecule is O=C(O)c1cc(S(=O)(=O)NCc2cccs2)c2cc[nH]c2c1. The van der Waals surface area contributed by atoms with Gasteiger partial charge in [-0.05, 0) is 29.6 Å². The summed E-state index contributed by atoms with van der Waals surface area (Å²) >= 11 is 1.44. The molecular formula is C14H12N2O4S2. The lowest BCUT2D eigenvalue weighted by Crippen LogP contribution is -2.23. The second-order valence-corrected chi connectivity index (χ2v) is 7.39. The highest BCUT2D eigenvalue weighted by Crippen LogP contribution is 2.25. The molecule has 0 atom stereocenters. The zero-order valence-electron chi connectivity index (χ0n) is 11.2.